The summed E-state index contributed by atoms with van der Waals surface area (Å²) in [6, 6.07) is 19.2. The lowest BCUT2D eigenvalue weighted by Crippen LogP contribution is -2.34. The summed E-state index contributed by atoms with van der Waals surface area (Å²) in [4.78, 5) is 14.6. The highest BCUT2D eigenvalue weighted by Crippen LogP contribution is 2.24. The Morgan fingerprint density at radius 2 is 1.93 bits per heavy atom. The van der Waals surface area contributed by atoms with E-state index in [0.717, 1.165) is 11.1 Å². The third-order valence-corrected chi connectivity index (χ3v) is 4.36. The summed E-state index contributed by atoms with van der Waals surface area (Å²) in [5.74, 6) is 0.966. The molecule has 1 N–H and O–H groups in total. The van der Waals surface area contributed by atoms with Crippen LogP contribution in [0.2, 0.25) is 0 Å². The minimum Gasteiger partial charge on any atom is -0.497 e. The monoisotopic (exact) mass is 365 g/mol. The fourth-order valence-electron chi connectivity index (χ4n) is 2.85. The maximum atomic E-state index is 12.5. The summed E-state index contributed by atoms with van der Waals surface area (Å²) in [5, 5.41) is 6.84. The van der Waals surface area contributed by atoms with Crippen molar-refractivity contribution in [1.82, 2.24) is 15.4 Å². The van der Waals surface area contributed by atoms with Crippen LogP contribution in [-0.2, 0) is 0 Å². The number of carbonyl (C=O) groups is 1. The number of carbonyl (C=O) groups excluding carboxylic acids is 1. The van der Waals surface area contributed by atoms with Gasteiger partial charge in [0, 0.05) is 18.2 Å². The van der Waals surface area contributed by atoms with Crippen LogP contribution in [0.1, 0.15) is 22.1 Å². The largest absolute Gasteiger partial charge is 0.497 e. The van der Waals surface area contributed by atoms with E-state index in [9.17, 15) is 4.79 Å². The second-order valence-corrected chi connectivity index (χ2v) is 6.41. The van der Waals surface area contributed by atoms with Crippen molar-refractivity contribution in [3.8, 4) is 17.1 Å². The average Bonchev–Trinajstić information content (AvgIpc) is 3.19. The molecule has 6 heteroatoms. The molecule has 1 atom stereocenters. The fourth-order valence-corrected chi connectivity index (χ4v) is 2.85. The molecule has 3 rings (SSSR count). The van der Waals surface area contributed by atoms with Crippen LogP contribution < -0.4 is 10.1 Å². The zero-order valence-corrected chi connectivity index (χ0v) is 15.7. The Bertz CT molecular complexity index is 890. The lowest BCUT2D eigenvalue weighted by molar-refractivity contribution is 0.0933. The van der Waals surface area contributed by atoms with Crippen molar-refractivity contribution < 1.29 is 14.1 Å². The molecule has 0 fully saturated rings. The molecule has 0 aliphatic rings. The van der Waals surface area contributed by atoms with Gasteiger partial charge in [-0.2, -0.15) is 0 Å². The zero-order valence-electron chi connectivity index (χ0n) is 15.7. The predicted octanol–water partition coefficient (Wildman–Crippen LogP) is 3.38. The molecular weight excluding hydrogens is 342 g/mol. The highest BCUT2D eigenvalue weighted by Gasteiger charge is 2.18. The van der Waals surface area contributed by atoms with Crippen LogP contribution in [0.3, 0.4) is 0 Å². The number of rotatable bonds is 7. The molecule has 140 valence electrons. The van der Waals surface area contributed by atoms with E-state index in [1.54, 1.807) is 13.2 Å². The van der Waals surface area contributed by atoms with Crippen LogP contribution in [-0.4, -0.2) is 43.7 Å². The molecule has 27 heavy (non-hydrogen) atoms. The van der Waals surface area contributed by atoms with E-state index < -0.39 is 0 Å². The number of nitrogens with one attached hydrogen (secondary N) is 1. The van der Waals surface area contributed by atoms with Crippen LogP contribution in [0.15, 0.2) is 65.2 Å². The first-order valence-electron chi connectivity index (χ1n) is 8.69. The number of amides is 1. The lowest BCUT2D eigenvalue weighted by atomic mass is 10.1. The number of hydrogen-bond donors (Lipinski definition) is 1. The number of hydrogen-bond acceptors (Lipinski definition) is 5. The van der Waals surface area contributed by atoms with E-state index in [-0.39, 0.29) is 17.6 Å². The highest BCUT2D eigenvalue weighted by atomic mass is 16.5. The van der Waals surface area contributed by atoms with Crippen LogP contribution in [0.5, 0.6) is 5.75 Å². The first kappa shape index (κ1) is 18.7. The molecule has 0 spiro atoms. The summed E-state index contributed by atoms with van der Waals surface area (Å²) < 4.78 is 10.5. The topological polar surface area (TPSA) is 67.6 Å². The number of methoxy groups -OCH3 is 1. The lowest BCUT2D eigenvalue weighted by Gasteiger charge is -2.24. The number of likely N-dealkylation sites (N-methyl/N-ethyl adjacent to an activating group) is 1. The quantitative estimate of drug-likeness (QED) is 0.695. The number of aromatic nitrogens is 1. The van der Waals surface area contributed by atoms with Crippen LogP contribution in [0.4, 0.5) is 0 Å². The molecule has 1 heterocycles. The van der Waals surface area contributed by atoms with Gasteiger partial charge in [-0.1, -0.05) is 47.6 Å². The minimum atomic E-state index is -0.268. The van der Waals surface area contributed by atoms with E-state index in [1.165, 1.54) is 0 Å². The smallest absolute Gasteiger partial charge is 0.273 e. The Kier molecular flexibility index (Phi) is 5.88. The van der Waals surface area contributed by atoms with Gasteiger partial charge >= 0.3 is 0 Å². The first-order chi connectivity index (χ1) is 13.1. The summed E-state index contributed by atoms with van der Waals surface area (Å²) in [5.41, 5.74) is 2.19. The van der Waals surface area contributed by atoms with Gasteiger partial charge in [0.15, 0.2) is 11.5 Å². The van der Waals surface area contributed by atoms with Crippen molar-refractivity contribution in [2.45, 2.75) is 6.04 Å². The molecule has 0 aliphatic carbocycles. The van der Waals surface area contributed by atoms with Crippen molar-refractivity contribution >= 4 is 5.91 Å². The number of benzene rings is 2. The number of nitrogens with zero attached hydrogens (tertiary/aromatic N) is 2. The predicted molar refractivity (Wildman–Crippen MR) is 104 cm³/mol. The van der Waals surface area contributed by atoms with Gasteiger partial charge in [-0.3, -0.25) is 4.79 Å². The van der Waals surface area contributed by atoms with Crippen LogP contribution >= 0.6 is 0 Å². The Labute approximate surface area is 158 Å². The molecule has 1 unspecified atom stereocenters. The SMILES string of the molecule is COc1cccc(-c2cc(C(=O)NCC(c3ccccc3)N(C)C)no2)c1. The third-order valence-electron chi connectivity index (χ3n) is 4.36. The molecule has 0 bridgehead atoms. The Morgan fingerprint density at radius 3 is 2.63 bits per heavy atom. The fraction of sp³-hybridized carbons (Fsp3) is 0.238. The van der Waals surface area contributed by atoms with Gasteiger partial charge < -0.3 is 19.5 Å². The zero-order chi connectivity index (χ0) is 19.2. The molecule has 1 aromatic heterocycles. The molecule has 3 aromatic rings. The van der Waals surface area contributed by atoms with Gasteiger partial charge in [-0.15, -0.1) is 0 Å². The van der Waals surface area contributed by atoms with Gasteiger partial charge in [-0.05, 0) is 31.8 Å². The second kappa shape index (κ2) is 8.51. The first-order valence-corrected chi connectivity index (χ1v) is 8.69. The van der Waals surface area contributed by atoms with Gasteiger partial charge in [0.05, 0.1) is 13.2 Å². The average molecular weight is 365 g/mol. The van der Waals surface area contributed by atoms with Crippen molar-refractivity contribution in [2.24, 2.45) is 0 Å². The third kappa shape index (κ3) is 4.54. The molecule has 2 aromatic carbocycles. The second-order valence-electron chi connectivity index (χ2n) is 6.41. The Morgan fingerprint density at radius 1 is 1.15 bits per heavy atom. The van der Waals surface area contributed by atoms with E-state index in [1.807, 2.05) is 68.7 Å². The molecule has 0 saturated heterocycles. The van der Waals surface area contributed by atoms with Crippen molar-refractivity contribution in [3.63, 3.8) is 0 Å². The van der Waals surface area contributed by atoms with Gasteiger partial charge in [0.25, 0.3) is 5.91 Å². The maximum Gasteiger partial charge on any atom is 0.273 e. The van der Waals surface area contributed by atoms with Crippen molar-refractivity contribution in [3.05, 3.63) is 71.9 Å². The normalized spacial score (nSPS) is 12.0. The maximum absolute atomic E-state index is 12.5. The van der Waals surface area contributed by atoms with Crippen LogP contribution in [0, 0.1) is 0 Å². The molecule has 0 saturated carbocycles. The molecule has 1 amide bonds. The summed E-state index contributed by atoms with van der Waals surface area (Å²) in [6.07, 6.45) is 0. The standard InChI is InChI=1S/C21H23N3O3/c1-24(2)19(15-8-5-4-6-9-15)14-22-21(25)18-13-20(27-23-18)16-10-7-11-17(12-16)26-3/h4-13,19H,14H2,1-3H3,(H,22,25). The van der Waals surface area contributed by atoms with E-state index in [4.69, 9.17) is 9.26 Å². The molecule has 0 radical (unpaired) electrons. The molecule has 6 nitrogen and oxygen atoms in total. The summed E-state index contributed by atoms with van der Waals surface area (Å²) >= 11 is 0. The van der Waals surface area contributed by atoms with E-state index >= 15 is 0 Å². The van der Waals surface area contributed by atoms with Gasteiger partial charge in [0.1, 0.15) is 5.75 Å². The van der Waals surface area contributed by atoms with E-state index in [0.29, 0.717) is 18.1 Å². The Balaban J connectivity index is 1.68. The van der Waals surface area contributed by atoms with Gasteiger partial charge in [0.2, 0.25) is 0 Å². The molecular formula is C21H23N3O3. The van der Waals surface area contributed by atoms with E-state index in [2.05, 4.69) is 15.4 Å². The van der Waals surface area contributed by atoms with Crippen molar-refractivity contribution in [2.75, 3.05) is 27.7 Å². The summed E-state index contributed by atoms with van der Waals surface area (Å²) in [6.45, 7) is 0.469. The van der Waals surface area contributed by atoms with Crippen molar-refractivity contribution in [1.29, 1.82) is 0 Å². The highest BCUT2D eigenvalue weighted by molar-refractivity contribution is 5.93. The van der Waals surface area contributed by atoms with Crippen LogP contribution in [0.25, 0.3) is 11.3 Å². The molecule has 0 aliphatic heterocycles. The minimum absolute atomic E-state index is 0.0694. The van der Waals surface area contributed by atoms with Gasteiger partial charge in [-0.25, -0.2) is 0 Å². The Hall–Kier alpha value is -3.12. The number of ether oxygens (including phenoxy) is 1. The summed E-state index contributed by atoms with van der Waals surface area (Å²) in [7, 11) is 5.58.